The molecule has 2 N–H and O–H groups in total. The zero-order valence-electron chi connectivity index (χ0n) is 16.0. The van der Waals surface area contributed by atoms with Crippen LogP contribution in [0.4, 0.5) is 5.69 Å². The Morgan fingerprint density at radius 3 is 2.48 bits per heavy atom. The number of nitrogens with zero attached hydrogens (tertiary/aromatic N) is 2. The van der Waals surface area contributed by atoms with Crippen molar-refractivity contribution in [3.63, 3.8) is 0 Å². The molecule has 1 aliphatic rings. The molecule has 27 heavy (non-hydrogen) atoms. The van der Waals surface area contributed by atoms with Gasteiger partial charge in [0.15, 0.2) is 5.96 Å². The first-order valence-electron chi connectivity index (χ1n) is 9.12. The third-order valence-corrected chi connectivity index (χ3v) is 4.67. The molecule has 0 spiro atoms. The molecule has 0 aromatic heterocycles. The summed E-state index contributed by atoms with van der Waals surface area (Å²) in [5, 5.41) is 6.95. The van der Waals surface area contributed by atoms with E-state index in [1.807, 2.05) is 7.05 Å². The molecule has 1 unspecified atom stereocenters. The van der Waals surface area contributed by atoms with Gasteiger partial charge < -0.3 is 20.3 Å². The van der Waals surface area contributed by atoms with E-state index in [9.17, 15) is 0 Å². The quantitative estimate of drug-likeness (QED) is 0.378. The number of para-hydroxylation sites is 1. The summed E-state index contributed by atoms with van der Waals surface area (Å²) in [6.07, 6.45) is 1.11. The maximum Gasteiger partial charge on any atom is 0.191 e. The minimum atomic E-state index is 0. The van der Waals surface area contributed by atoms with Crippen LogP contribution in [0.2, 0.25) is 0 Å². The minimum Gasteiger partial charge on any atom is -0.380 e. The van der Waals surface area contributed by atoms with Crippen LogP contribution in [0.15, 0.2) is 59.6 Å². The average molecular weight is 480 g/mol. The number of hydrogen-bond acceptors (Lipinski definition) is 3. The van der Waals surface area contributed by atoms with Crippen LogP contribution < -0.4 is 15.5 Å². The second kappa shape index (κ2) is 11.1. The van der Waals surface area contributed by atoms with E-state index in [0.717, 1.165) is 32.0 Å². The number of aliphatic imine (C=N–C) groups is 1. The monoisotopic (exact) mass is 480 g/mol. The molecular formula is C21H29IN4O. The van der Waals surface area contributed by atoms with Gasteiger partial charge in [0, 0.05) is 45.5 Å². The number of methoxy groups -OCH3 is 1. The van der Waals surface area contributed by atoms with Gasteiger partial charge >= 0.3 is 0 Å². The molecule has 6 heteroatoms. The van der Waals surface area contributed by atoms with E-state index in [0.29, 0.717) is 12.6 Å². The number of nitrogens with one attached hydrogen (secondary N) is 2. The van der Waals surface area contributed by atoms with Crippen molar-refractivity contribution in [2.45, 2.75) is 25.6 Å². The minimum absolute atomic E-state index is 0. The summed E-state index contributed by atoms with van der Waals surface area (Å²) in [5.41, 5.74) is 3.70. The Kier molecular flexibility index (Phi) is 8.87. The summed E-state index contributed by atoms with van der Waals surface area (Å²) in [6, 6.07) is 19.4. The fraction of sp³-hybridized carbons (Fsp3) is 0.381. The summed E-state index contributed by atoms with van der Waals surface area (Å²) in [7, 11) is 3.54. The summed E-state index contributed by atoms with van der Waals surface area (Å²) >= 11 is 0. The van der Waals surface area contributed by atoms with Gasteiger partial charge in [0.25, 0.3) is 0 Å². The molecule has 0 amide bonds. The summed E-state index contributed by atoms with van der Waals surface area (Å²) in [6.45, 7) is 3.47. The number of hydrogen-bond donors (Lipinski definition) is 2. The molecule has 1 aliphatic heterocycles. The Balaban J connectivity index is 0.00000261. The van der Waals surface area contributed by atoms with Gasteiger partial charge in [-0.15, -0.1) is 24.0 Å². The first-order chi connectivity index (χ1) is 12.8. The highest BCUT2D eigenvalue weighted by atomic mass is 127. The van der Waals surface area contributed by atoms with Crippen LogP contribution in [0.3, 0.4) is 0 Å². The second-order valence-electron chi connectivity index (χ2n) is 6.59. The number of guanidine groups is 1. The highest BCUT2D eigenvalue weighted by Gasteiger charge is 2.23. The van der Waals surface area contributed by atoms with Crippen molar-refractivity contribution in [3.8, 4) is 0 Å². The van der Waals surface area contributed by atoms with Crippen molar-refractivity contribution in [2.75, 3.05) is 32.1 Å². The van der Waals surface area contributed by atoms with Gasteiger partial charge in [0.2, 0.25) is 0 Å². The van der Waals surface area contributed by atoms with Gasteiger partial charge in [-0.1, -0.05) is 42.5 Å². The predicted octanol–water partition coefficient (Wildman–Crippen LogP) is 3.39. The maximum atomic E-state index is 5.15. The van der Waals surface area contributed by atoms with E-state index in [1.54, 1.807) is 7.11 Å². The molecule has 2 aromatic carbocycles. The van der Waals surface area contributed by atoms with Crippen molar-refractivity contribution in [1.29, 1.82) is 0 Å². The van der Waals surface area contributed by atoms with Crippen molar-refractivity contribution >= 4 is 35.6 Å². The molecule has 0 aliphatic carbocycles. The average Bonchev–Trinajstić information content (AvgIpc) is 3.16. The smallest absolute Gasteiger partial charge is 0.191 e. The normalized spacial score (nSPS) is 16.7. The lowest BCUT2D eigenvalue weighted by Crippen LogP contribution is -2.44. The Labute approximate surface area is 179 Å². The third kappa shape index (κ3) is 6.39. The molecule has 0 saturated carbocycles. The Hall–Kier alpha value is -1.80. The number of benzene rings is 2. The van der Waals surface area contributed by atoms with Crippen LogP contribution in [0.25, 0.3) is 0 Å². The van der Waals surface area contributed by atoms with Crippen LogP contribution in [-0.4, -0.2) is 39.2 Å². The number of halogens is 1. The van der Waals surface area contributed by atoms with Gasteiger partial charge in [0.05, 0.1) is 6.61 Å². The van der Waals surface area contributed by atoms with Gasteiger partial charge in [-0.25, -0.2) is 0 Å². The Bertz CT molecular complexity index is 706. The number of rotatable bonds is 6. The molecule has 1 saturated heterocycles. The molecule has 1 fully saturated rings. The zero-order valence-corrected chi connectivity index (χ0v) is 18.4. The maximum absolute atomic E-state index is 5.15. The summed E-state index contributed by atoms with van der Waals surface area (Å²) in [5.74, 6) is 0.853. The highest BCUT2D eigenvalue weighted by Crippen LogP contribution is 2.19. The lowest BCUT2D eigenvalue weighted by molar-refractivity contribution is 0.185. The zero-order chi connectivity index (χ0) is 18.2. The van der Waals surface area contributed by atoms with E-state index in [2.05, 4.69) is 75.1 Å². The van der Waals surface area contributed by atoms with Gasteiger partial charge in [0.1, 0.15) is 0 Å². The van der Waals surface area contributed by atoms with Crippen molar-refractivity contribution in [3.05, 3.63) is 65.7 Å². The fourth-order valence-corrected chi connectivity index (χ4v) is 3.25. The number of ether oxygens (including phenoxy) is 1. The van der Waals surface area contributed by atoms with Crippen LogP contribution in [0.5, 0.6) is 0 Å². The SMILES string of the molecule is CN=C(NCc1ccc(COC)cc1)NC1CCN(c2ccccc2)C1.I. The van der Waals surface area contributed by atoms with Crippen molar-refractivity contribution < 1.29 is 4.74 Å². The molecule has 5 nitrogen and oxygen atoms in total. The molecule has 2 aromatic rings. The van der Waals surface area contributed by atoms with E-state index in [1.165, 1.54) is 16.8 Å². The first kappa shape index (κ1) is 21.5. The summed E-state index contributed by atoms with van der Waals surface area (Å²) in [4.78, 5) is 6.78. The van der Waals surface area contributed by atoms with E-state index < -0.39 is 0 Å². The standard InChI is InChI=1S/C21H28N4O.HI/c1-22-21(23-14-17-8-10-18(11-9-17)16-26-2)24-19-12-13-25(15-19)20-6-4-3-5-7-20;/h3-11,19H,12-16H2,1-2H3,(H2,22,23,24);1H. The summed E-state index contributed by atoms with van der Waals surface area (Å²) < 4.78 is 5.15. The van der Waals surface area contributed by atoms with E-state index in [4.69, 9.17) is 4.74 Å². The second-order valence-corrected chi connectivity index (χ2v) is 6.59. The van der Waals surface area contributed by atoms with Crippen LogP contribution >= 0.6 is 24.0 Å². The largest absolute Gasteiger partial charge is 0.380 e. The topological polar surface area (TPSA) is 48.9 Å². The molecule has 3 rings (SSSR count). The van der Waals surface area contributed by atoms with Crippen LogP contribution in [-0.2, 0) is 17.9 Å². The van der Waals surface area contributed by atoms with E-state index in [-0.39, 0.29) is 24.0 Å². The van der Waals surface area contributed by atoms with Crippen LogP contribution in [0, 0.1) is 0 Å². The van der Waals surface area contributed by atoms with E-state index >= 15 is 0 Å². The van der Waals surface area contributed by atoms with Crippen molar-refractivity contribution in [1.82, 2.24) is 10.6 Å². The molecular weight excluding hydrogens is 451 g/mol. The van der Waals surface area contributed by atoms with Gasteiger partial charge in [-0.05, 0) is 29.7 Å². The van der Waals surface area contributed by atoms with Gasteiger partial charge in [-0.2, -0.15) is 0 Å². The predicted molar refractivity (Wildman–Crippen MR) is 123 cm³/mol. The Morgan fingerprint density at radius 1 is 1.11 bits per heavy atom. The Morgan fingerprint density at radius 2 is 1.81 bits per heavy atom. The molecule has 146 valence electrons. The molecule has 1 atom stereocenters. The van der Waals surface area contributed by atoms with Crippen molar-refractivity contribution in [2.24, 2.45) is 4.99 Å². The fourth-order valence-electron chi connectivity index (χ4n) is 3.25. The third-order valence-electron chi connectivity index (χ3n) is 4.67. The molecule has 0 radical (unpaired) electrons. The molecule has 0 bridgehead atoms. The molecule has 1 heterocycles. The number of anilines is 1. The van der Waals surface area contributed by atoms with Crippen LogP contribution in [0.1, 0.15) is 17.5 Å². The van der Waals surface area contributed by atoms with Gasteiger partial charge in [-0.3, -0.25) is 4.99 Å². The lowest BCUT2D eigenvalue weighted by atomic mass is 10.1. The highest BCUT2D eigenvalue weighted by molar-refractivity contribution is 14.0. The first-order valence-corrected chi connectivity index (χ1v) is 9.12. The lowest BCUT2D eigenvalue weighted by Gasteiger charge is -2.20.